The standard InChI is InChI=1S/C19H24ClNO3/c20-18-9-3-4-10-19(18)24-14-16(22)12-21(15-6-1-2-7-15)13-17-8-5-11-23-17/h3-5,8-11,15-16,22H,1-2,6-7,12-14H2. The van der Waals surface area contributed by atoms with Gasteiger partial charge < -0.3 is 14.3 Å². The highest BCUT2D eigenvalue weighted by molar-refractivity contribution is 6.32. The van der Waals surface area contributed by atoms with E-state index in [1.807, 2.05) is 30.3 Å². The van der Waals surface area contributed by atoms with Gasteiger partial charge in [0.2, 0.25) is 0 Å². The van der Waals surface area contributed by atoms with E-state index < -0.39 is 6.10 Å². The summed E-state index contributed by atoms with van der Waals surface area (Å²) in [5.74, 6) is 1.54. The maximum atomic E-state index is 10.4. The molecule has 1 aromatic carbocycles. The van der Waals surface area contributed by atoms with Crippen molar-refractivity contribution in [2.75, 3.05) is 13.2 Å². The van der Waals surface area contributed by atoms with Gasteiger partial charge in [0.1, 0.15) is 24.2 Å². The first-order valence-corrected chi connectivity index (χ1v) is 8.92. The number of hydrogen-bond acceptors (Lipinski definition) is 4. The van der Waals surface area contributed by atoms with Crippen molar-refractivity contribution in [2.24, 2.45) is 0 Å². The molecule has 1 atom stereocenters. The van der Waals surface area contributed by atoms with Gasteiger partial charge in [0.05, 0.1) is 17.8 Å². The lowest BCUT2D eigenvalue weighted by molar-refractivity contribution is 0.0464. The fourth-order valence-electron chi connectivity index (χ4n) is 3.29. The summed E-state index contributed by atoms with van der Waals surface area (Å²) >= 11 is 6.08. The molecule has 1 aromatic heterocycles. The Morgan fingerprint density at radius 1 is 1.21 bits per heavy atom. The number of benzene rings is 1. The van der Waals surface area contributed by atoms with Crippen LogP contribution in [0.25, 0.3) is 0 Å². The third kappa shape index (κ3) is 4.76. The molecule has 1 aliphatic rings. The fraction of sp³-hybridized carbons (Fsp3) is 0.474. The monoisotopic (exact) mass is 349 g/mol. The molecule has 130 valence electrons. The van der Waals surface area contributed by atoms with Crippen LogP contribution in [0.2, 0.25) is 5.02 Å². The van der Waals surface area contributed by atoms with E-state index in [1.165, 1.54) is 25.7 Å². The number of nitrogens with zero attached hydrogens (tertiary/aromatic N) is 1. The van der Waals surface area contributed by atoms with Gasteiger partial charge in [-0.25, -0.2) is 0 Å². The van der Waals surface area contributed by atoms with Gasteiger partial charge in [0.25, 0.3) is 0 Å². The highest BCUT2D eigenvalue weighted by Crippen LogP contribution is 2.26. The van der Waals surface area contributed by atoms with Gasteiger partial charge in [-0.15, -0.1) is 0 Å². The SMILES string of the molecule is OC(COc1ccccc1Cl)CN(Cc1ccco1)C1CCCC1. The molecular formula is C19H24ClNO3. The van der Waals surface area contributed by atoms with Crippen LogP contribution in [0.1, 0.15) is 31.4 Å². The van der Waals surface area contributed by atoms with Crippen molar-refractivity contribution >= 4 is 11.6 Å². The van der Waals surface area contributed by atoms with E-state index in [-0.39, 0.29) is 6.61 Å². The van der Waals surface area contributed by atoms with Crippen LogP contribution < -0.4 is 4.74 Å². The van der Waals surface area contributed by atoms with Crippen LogP contribution in [0.3, 0.4) is 0 Å². The number of halogens is 1. The smallest absolute Gasteiger partial charge is 0.138 e. The van der Waals surface area contributed by atoms with Crippen LogP contribution in [0.15, 0.2) is 47.1 Å². The molecule has 1 heterocycles. The normalized spacial score (nSPS) is 16.6. The molecule has 24 heavy (non-hydrogen) atoms. The van der Waals surface area contributed by atoms with Gasteiger partial charge in [-0.1, -0.05) is 36.6 Å². The average Bonchev–Trinajstić information content (AvgIpc) is 3.27. The number of hydrogen-bond donors (Lipinski definition) is 1. The molecule has 0 radical (unpaired) electrons. The van der Waals surface area contributed by atoms with Gasteiger partial charge in [0.15, 0.2) is 0 Å². The minimum absolute atomic E-state index is 0.227. The minimum Gasteiger partial charge on any atom is -0.489 e. The molecule has 1 fully saturated rings. The molecule has 1 saturated carbocycles. The summed E-state index contributed by atoms with van der Waals surface area (Å²) < 4.78 is 11.1. The maximum absolute atomic E-state index is 10.4. The first-order valence-electron chi connectivity index (χ1n) is 8.54. The molecule has 5 heteroatoms. The van der Waals surface area contributed by atoms with Gasteiger partial charge in [-0.2, -0.15) is 0 Å². The predicted molar refractivity (Wildman–Crippen MR) is 94.3 cm³/mol. The first-order chi connectivity index (χ1) is 11.7. The Kier molecular flexibility index (Phi) is 6.18. The van der Waals surface area contributed by atoms with E-state index >= 15 is 0 Å². The van der Waals surface area contributed by atoms with Gasteiger partial charge in [0, 0.05) is 12.6 Å². The van der Waals surface area contributed by atoms with E-state index in [0.29, 0.717) is 23.4 Å². The zero-order valence-electron chi connectivity index (χ0n) is 13.7. The Morgan fingerprint density at radius 3 is 2.71 bits per heavy atom. The van der Waals surface area contributed by atoms with Gasteiger partial charge in [-0.05, 0) is 37.1 Å². The third-order valence-corrected chi connectivity index (χ3v) is 4.81. The average molecular weight is 350 g/mol. The van der Waals surface area contributed by atoms with Crippen molar-refractivity contribution in [2.45, 2.75) is 44.4 Å². The number of furan rings is 1. The second kappa shape index (κ2) is 8.56. The zero-order chi connectivity index (χ0) is 16.8. The first kappa shape index (κ1) is 17.3. The van der Waals surface area contributed by atoms with Crippen molar-refractivity contribution in [1.82, 2.24) is 4.90 Å². The summed E-state index contributed by atoms with van der Waals surface area (Å²) in [7, 11) is 0. The molecule has 0 amide bonds. The molecule has 0 saturated heterocycles. The van der Waals surface area contributed by atoms with E-state index in [2.05, 4.69) is 4.90 Å². The van der Waals surface area contributed by atoms with Crippen LogP contribution in [-0.4, -0.2) is 35.3 Å². The van der Waals surface area contributed by atoms with E-state index in [9.17, 15) is 5.11 Å². The summed E-state index contributed by atoms with van der Waals surface area (Å²) in [6.45, 7) is 1.52. The molecule has 0 spiro atoms. The summed E-state index contributed by atoms with van der Waals surface area (Å²) in [6, 6.07) is 11.7. The number of ether oxygens (including phenoxy) is 1. The Labute approximate surface area is 148 Å². The van der Waals surface area contributed by atoms with E-state index in [1.54, 1.807) is 12.3 Å². The quantitative estimate of drug-likeness (QED) is 0.778. The summed E-state index contributed by atoms with van der Waals surface area (Å²) in [6.07, 6.45) is 5.99. The summed E-state index contributed by atoms with van der Waals surface area (Å²) in [4.78, 5) is 2.31. The molecular weight excluding hydrogens is 326 g/mol. The molecule has 2 aromatic rings. The zero-order valence-corrected chi connectivity index (χ0v) is 14.5. The molecule has 0 bridgehead atoms. The molecule has 1 N–H and O–H groups in total. The van der Waals surface area contributed by atoms with Crippen molar-refractivity contribution in [3.8, 4) is 5.75 Å². The van der Waals surface area contributed by atoms with Gasteiger partial charge in [-0.3, -0.25) is 4.90 Å². The Balaban J connectivity index is 1.56. The second-order valence-corrected chi connectivity index (χ2v) is 6.75. The van der Waals surface area contributed by atoms with Crippen molar-refractivity contribution in [3.05, 3.63) is 53.4 Å². The van der Waals surface area contributed by atoms with Crippen molar-refractivity contribution < 1.29 is 14.3 Å². The molecule has 1 aliphatic carbocycles. The maximum Gasteiger partial charge on any atom is 0.138 e. The van der Waals surface area contributed by atoms with Crippen molar-refractivity contribution in [3.63, 3.8) is 0 Å². The topological polar surface area (TPSA) is 45.8 Å². The lowest BCUT2D eigenvalue weighted by atomic mass is 10.2. The molecule has 4 nitrogen and oxygen atoms in total. The number of aliphatic hydroxyl groups excluding tert-OH is 1. The Morgan fingerprint density at radius 2 is 2.00 bits per heavy atom. The molecule has 3 rings (SSSR count). The fourth-order valence-corrected chi connectivity index (χ4v) is 3.48. The van der Waals surface area contributed by atoms with Crippen molar-refractivity contribution in [1.29, 1.82) is 0 Å². The number of para-hydroxylation sites is 1. The van der Waals surface area contributed by atoms with E-state index in [4.69, 9.17) is 20.8 Å². The second-order valence-electron chi connectivity index (χ2n) is 6.34. The number of aliphatic hydroxyl groups is 1. The Hall–Kier alpha value is -1.49. The van der Waals surface area contributed by atoms with E-state index in [0.717, 1.165) is 12.3 Å². The van der Waals surface area contributed by atoms with Crippen LogP contribution in [-0.2, 0) is 6.54 Å². The lowest BCUT2D eigenvalue weighted by Gasteiger charge is -2.30. The predicted octanol–water partition coefficient (Wildman–Crippen LogP) is 4.12. The highest BCUT2D eigenvalue weighted by atomic mass is 35.5. The Bertz CT molecular complexity index is 611. The minimum atomic E-state index is -0.572. The largest absolute Gasteiger partial charge is 0.489 e. The number of rotatable bonds is 8. The van der Waals surface area contributed by atoms with Gasteiger partial charge >= 0.3 is 0 Å². The molecule has 0 aliphatic heterocycles. The van der Waals surface area contributed by atoms with Crippen LogP contribution >= 0.6 is 11.6 Å². The highest BCUT2D eigenvalue weighted by Gasteiger charge is 2.25. The van der Waals surface area contributed by atoms with Crippen LogP contribution in [0.5, 0.6) is 5.75 Å². The third-order valence-electron chi connectivity index (χ3n) is 4.49. The summed E-state index contributed by atoms with van der Waals surface area (Å²) in [5, 5.41) is 11.0. The summed E-state index contributed by atoms with van der Waals surface area (Å²) in [5.41, 5.74) is 0. The van der Waals surface area contributed by atoms with Crippen LogP contribution in [0.4, 0.5) is 0 Å². The molecule has 1 unspecified atom stereocenters. The lowest BCUT2D eigenvalue weighted by Crippen LogP contribution is -2.40. The van der Waals surface area contributed by atoms with Crippen LogP contribution in [0, 0.1) is 0 Å².